The van der Waals surface area contributed by atoms with Gasteiger partial charge in [-0.05, 0) is 55.3 Å². The van der Waals surface area contributed by atoms with Crippen LogP contribution in [-0.4, -0.2) is 39.6 Å². The summed E-state index contributed by atoms with van der Waals surface area (Å²) in [7, 11) is -3.65. The van der Waals surface area contributed by atoms with Crippen molar-refractivity contribution < 1.29 is 8.42 Å². The minimum absolute atomic E-state index is 0.295. The minimum atomic E-state index is -3.65. The average molecular weight is 423 g/mol. The summed E-state index contributed by atoms with van der Waals surface area (Å²) in [5, 5.41) is 0. The highest BCUT2D eigenvalue weighted by molar-refractivity contribution is 7.92. The van der Waals surface area contributed by atoms with Gasteiger partial charge in [0.2, 0.25) is 0 Å². The van der Waals surface area contributed by atoms with Crippen LogP contribution in [0.4, 0.5) is 17.2 Å². The molecule has 1 aromatic heterocycles. The zero-order chi connectivity index (χ0) is 21.1. The van der Waals surface area contributed by atoms with Crippen LogP contribution < -0.4 is 14.5 Å². The second-order valence-corrected chi connectivity index (χ2v) is 9.24. The van der Waals surface area contributed by atoms with Crippen molar-refractivity contribution >= 4 is 27.2 Å². The summed E-state index contributed by atoms with van der Waals surface area (Å²) in [6.45, 7) is 7.26. The SMILES string of the molecule is Cc1ccc(C)c(S(=O)(=O)Nc2ccc(N3CCN(c4ccccc4)CC3)nc2)c1. The van der Waals surface area contributed by atoms with Gasteiger partial charge >= 0.3 is 0 Å². The molecular weight excluding hydrogens is 396 g/mol. The van der Waals surface area contributed by atoms with Gasteiger partial charge in [0.15, 0.2) is 0 Å². The lowest BCUT2D eigenvalue weighted by molar-refractivity contribution is 0.600. The van der Waals surface area contributed by atoms with Crippen molar-refractivity contribution in [3.63, 3.8) is 0 Å². The van der Waals surface area contributed by atoms with E-state index in [-0.39, 0.29) is 0 Å². The van der Waals surface area contributed by atoms with Gasteiger partial charge in [-0.1, -0.05) is 30.3 Å². The second kappa shape index (κ2) is 8.36. The highest BCUT2D eigenvalue weighted by Gasteiger charge is 2.20. The number of nitrogens with zero attached hydrogens (tertiary/aromatic N) is 3. The molecule has 7 heteroatoms. The van der Waals surface area contributed by atoms with Crippen LogP contribution in [0.3, 0.4) is 0 Å². The van der Waals surface area contributed by atoms with Crippen LogP contribution in [0.2, 0.25) is 0 Å². The normalized spacial score (nSPS) is 14.6. The van der Waals surface area contributed by atoms with Gasteiger partial charge in [0.25, 0.3) is 10.0 Å². The molecule has 2 heterocycles. The summed E-state index contributed by atoms with van der Waals surface area (Å²) in [6.07, 6.45) is 1.58. The molecule has 4 rings (SSSR count). The molecule has 1 aliphatic rings. The van der Waals surface area contributed by atoms with Gasteiger partial charge in [-0.25, -0.2) is 13.4 Å². The summed E-state index contributed by atoms with van der Waals surface area (Å²) in [5.41, 5.74) is 3.32. The van der Waals surface area contributed by atoms with E-state index in [1.807, 2.05) is 31.2 Å². The van der Waals surface area contributed by atoms with Crippen LogP contribution in [0.5, 0.6) is 0 Å². The quantitative estimate of drug-likeness (QED) is 0.677. The largest absolute Gasteiger partial charge is 0.368 e. The van der Waals surface area contributed by atoms with Gasteiger partial charge in [-0.2, -0.15) is 0 Å². The molecule has 30 heavy (non-hydrogen) atoms. The molecule has 156 valence electrons. The first kappa shape index (κ1) is 20.2. The third-order valence-corrected chi connectivity index (χ3v) is 6.88. The Labute approximate surface area is 178 Å². The van der Waals surface area contributed by atoms with Crippen LogP contribution in [0.15, 0.2) is 71.8 Å². The Hall–Kier alpha value is -3.06. The monoisotopic (exact) mass is 422 g/mol. The number of nitrogens with one attached hydrogen (secondary N) is 1. The maximum atomic E-state index is 12.8. The lowest BCUT2D eigenvalue weighted by atomic mass is 10.2. The Morgan fingerprint density at radius 2 is 1.57 bits per heavy atom. The van der Waals surface area contributed by atoms with Crippen molar-refractivity contribution in [1.82, 2.24) is 4.98 Å². The number of piperazine rings is 1. The van der Waals surface area contributed by atoms with Gasteiger partial charge in [-0.3, -0.25) is 4.72 Å². The molecule has 1 saturated heterocycles. The highest BCUT2D eigenvalue weighted by Crippen LogP contribution is 2.23. The van der Waals surface area contributed by atoms with E-state index in [4.69, 9.17) is 0 Å². The molecule has 2 aromatic carbocycles. The van der Waals surface area contributed by atoms with Gasteiger partial charge in [0.05, 0.1) is 16.8 Å². The zero-order valence-electron chi connectivity index (χ0n) is 17.2. The van der Waals surface area contributed by atoms with Crippen molar-refractivity contribution in [2.24, 2.45) is 0 Å². The lowest BCUT2D eigenvalue weighted by Gasteiger charge is -2.36. The van der Waals surface area contributed by atoms with Gasteiger partial charge in [-0.15, -0.1) is 0 Å². The molecular formula is C23H26N4O2S. The summed E-state index contributed by atoms with van der Waals surface area (Å²) in [5.74, 6) is 0.859. The molecule has 0 aliphatic carbocycles. The maximum absolute atomic E-state index is 12.8. The molecule has 1 fully saturated rings. The molecule has 0 radical (unpaired) electrons. The lowest BCUT2D eigenvalue weighted by Crippen LogP contribution is -2.46. The number of para-hydroxylation sites is 1. The zero-order valence-corrected chi connectivity index (χ0v) is 18.1. The number of hydrogen-bond donors (Lipinski definition) is 1. The molecule has 3 aromatic rings. The third kappa shape index (κ3) is 4.41. The summed E-state index contributed by atoms with van der Waals surface area (Å²) < 4.78 is 28.2. The summed E-state index contributed by atoms with van der Waals surface area (Å²) in [4.78, 5) is 9.38. The van der Waals surface area contributed by atoms with Crippen molar-refractivity contribution in [2.75, 3.05) is 40.7 Å². The predicted molar refractivity (Wildman–Crippen MR) is 122 cm³/mol. The Kier molecular flexibility index (Phi) is 5.63. The molecule has 0 atom stereocenters. The maximum Gasteiger partial charge on any atom is 0.262 e. The highest BCUT2D eigenvalue weighted by atomic mass is 32.2. The molecule has 1 aliphatic heterocycles. The molecule has 0 saturated carbocycles. The number of aryl methyl sites for hydroxylation is 2. The van der Waals surface area contributed by atoms with Crippen molar-refractivity contribution in [3.05, 3.63) is 78.0 Å². The molecule has 0 unspecified atom stereocenters. The van der Waals surface area contributed by atoms with E-state index < -0.39 is 10.0 Å². The smallest absolute Gasteiger partial charge is 0.262 e. The fraction of sp³-hybridized carbons (Fsp3) is 0.261. The Morgan fingerprint density at radius 3 is 2.23 bits per heavy atom. The van der Waals surface area contributed by atoms with Crippen molar-refractivity contribution in [3.8, 4) is 0 Å². The molecule has 1 N–H and O–H groups in total. The van der Waals surface area contributed by atoms with E-state index in [1.54, 1.807) is 25.3 Å². The molecule has 0 bridgehead atoms. The van der Waals surface area contributed by atoms with E-state index in [0.717, 1.165) is 37.6 Å². The average Bonchev–Trinajstić information content (AvgIpc) is 2.76. The topological polar surface area (TPSA) is 65.5 Å². The summed E-state index contributed by atoms with van der Waals surface area (Å²) >= 11 is 0. The van der Waals surface area contributed by atoms with Gasteiger partial charge in [0, 0.05) is 31.9 Å². The number of rotatable bonds is 5. The van der Waals surface area contributed by atoms with Crippen LogP contribution in [-0.2, 0) is 10.0 Å². The third-order valence-electron chi connectivity index (χ3n) is 5.36. The van der Waals surface area contributed by atoms with Gasteiger partial charge in [0.1, 0.15) is 5.82 Å². The van der Waals surface area contributed by atoms with Crippen LogP contribution in [0.1, 0.15) is 11.1 Å². The first-order chi connectivity index (χ1) is 14.4. The van der Waals surface area contributed by atoms with Crippen LogP contribution in [0, 0.1) is 13.8 Å². The standard InChI is InChI=1S/C23H26N4O2S/c1-18-8-9-19(2)22(16-18)30(28,29)25-20-10-11-23(24-17-20)27-14-12-26(13-15-27)21-6-4-3-5-7-21/h3-11,16-17,25H,12-15H2,1-2H3. The second-order valence-electron chi connectivity index (χ2n) is 7.59. The van der Waals surface area contributed by atoms with E-state index in [1.165, 1.54) is 5.69 Å². The predicted octanol–water partition coefficient (Wildman–Crippen LogP) is 3.83. The van der Waals surface area contributed by atoms with E-state index >= 15 is 0 Å². The van der Waals surface area contributed by atoms with Crippen molar-refractivity contribution in [2.45, 2.75) is 18.7 Å². The summed E-state index contributed by atoms with van der Waals surface area (Å²) in [6, 6.07) is 19.5. The number of sulfonamides is 1. The van der Waals surface area contributed by atoms with Crippen LogP contribution >= 0.6 is 0 Å². The van der Waals surface area contributed by atoms with E-state index in [2.05, 4.69) is 43.8 Å². The molecule has 0 amide bonds. The first-order valence-electron chi connectivity index (χ1n) is 10.0. The molecule has 6 nitrogen and oxygen atoms in total. The fourth-order valence-electron chi connectivity index (χ4n) is 3.67. The Bertz CT molecular complexity index is 1110. The number of pyridine rings is 1. The van der Waals surface area contributed by atoms with E-state index in [9.17, 15) is 8.42 Å². The fourth-order valence-corrected chi connectivity index (χ4v) is 5.05. The first-order valence-corrected chi connectivity index (χ1v) is 11.5. The van der Waals surface area contributed by atoms with E-state index in [0.29, 0.717) is 16.1 Å². The molecule has 0 spiro atoms. The van der Waals surface area contributed by atoms with Gasteiger partial charge < -0.3 is 9.80 Å². The number of anilines is 3. The number of benzene rings is 2. The Balaban J connectivity index is 1.42. The minimum Gasteiger partial charge on any atom is -0.368 e. The van der Waals surface area contributed by atoms with Crippen LogP contribution in [0.25, 0.3) is 0 Å². The Morgan fingerprint density at radius 1 is 0.867 bits per heavy atom. The number of aromatic nitrogens is 1. The number of hydrogen-bond acceptors (Lipinski definition) is 5. The van der Waals surface area contributed by atoms with Crippen molar-refractivity contribution in [1.29, 1.82) is 0 Å².